The molecule has 114 valence electrons. The van der Waals surface area contributed by atoms with E-state index in [4.69, 9.17) is 4.74 Å². The minimum Gasteiger partial charge on any atom is -0.593 e. The summed E-state index contributed by atoms with van der Waals surface area (Å²) in [4.78, 5) is 0.758. The van der Waals surface area contributed by atoms with Gasteiger partial charge in [0.2, 0.25) is 0 Å². The maximum absolute atomic E-state index is 12.0. The first-order chi connectivity index (χ1) is 10.8. The van der Waals surface area contributed by atoms with E-state index in [1.165, 1.54) is 10.1 Å². The molecule has 2 aromatic carbocycles. The number of rotatable bonds is 6. The topological polar surface area (TPSA) is 44.3 Å². The second-order valence-electron chi connectivity index (χ2n) is 4.86. The zero-order chi connectivity index (χ0) is 15.4. The number of hydrogen-bond donors (Lipinski definition) is 1. The van der Waals surface area contributed by atoms with Gasteiger partial charge in [0.05, 0.1) is 11.4 Å². The lowest BCUT2D eigenvalue weighted by Gasteiger charge is -2.11. The van der Waals surface area contributed by atoms with E-state index in [9.17, 15) is 4.55 Å². The van der Waals surface area contributed by atoms with Crippen LogP contribution in [-0.4, -0.2) is 11.1 Å². The molecular weight excluding hydrogens is 314 g/mol. The van der Waals surface area contributed by atoms with Crippen molar-refractivity contribution in [3.8, 4) is 11.5 Å². The molecule has 1 atom stereocenters. The van der Waals surface area contributed by atoms with Crippen LogP contribution in [0.15, 0.2) is 58.8 Å². The molecule has 0 spiro atoms. The first kappa shape index (κ1) is 15.4. The van der Waals surface area contributed by atoms with Crippen LogP contribution in [0.4, 0.5) is 0 Å². The molecule has 3 rings (SSSR count). The van der Waals surface area contributed by atoms with Gasteiger partial charge in [0, 0.05) is 11.2 Å². The normalized spacial score (nSPS) is 12.5. The Morgan fingerprint density at radius 3 is 2.64 bits per heavy atom. The van der Waals surface area contributed by atoms with Gasteiger partial charge in [-0.25, -0.2) is 0 Å². The fraction of sp³-hybridized carbons (Fsp3) is 0.176. The lowest BCUT2D eigenvalue weighted by Crippen LogP contribution is -2.24. The second kappa shape index (κ2) is 7.15. The Balaban J connectivity index is 1.70. The van der Waals surface area contributed by atoms with Crippen LogP contribution in [0, 0.1) is 0 Å². The van der Waals surface area contributed by atoms with Crippen LogP contribution in [0.2, 0.25) is 0 Å². The highest BCUT2D eigenvalue weighted by Crippen LogP contribution is 2.28. The van der Waals surface area contributed by atoms with Crippen molar-refractivity contribution in [1.29, 1.82) is 0 Å². The molecule has 0 bridgehead atoms. The SMILES string of the molecule is CCCN[S+]([O-])c1ccc(Oc2ccc3sccc3c2)cc1. The minimum absolute atomic E-state index is 0.742. The molecule has 1 unspecified atom stereocenters. The van der Waals surface area contributed by atoms with Crippen molar-refractivity contribution in [2.75, 3.05) is 6.54 Å². The summed E-state index contributed by atoms with van der Waals surface area (Å²) in [5.41, 5.74) is 0. The summed E-state index contributed by atoms with van der Waals surface area (Å²) in [5.74, 6) is 1.55. The van der Waals surface area contributed by atoms with Gasteiger partial charge in [-0.15, -0.1) is 16.1 Å². The third kappa shape index (κ3) is 3.62. The largest absolute Gasteiger partial charge is 0.593 e. The van der Waals surface area contributed by atoms with Crippen LogP contribution in [0.5, 0.6) is 11.5 Å². The average Bonchev–Trinajstić information content (AvgIpc) is 3.01. The highest BCUT2D eigenvalue weighted by molar-refractivity contribution is 7.89. The fourth-order valence-corrected chi connectivity index (χ4v) is 3.76. The summed E-state index contributed by atoms with van der Waals surface area (Å²) in [6.45, 7) is 2.79. The van der Waals surface area contributed by atoms with Crippen LogP contribution in [-0.2, 0) is 11.4 Å². The van der Waals surface area contributed by atoms with E-state index in [0.29, 0.717) is 0 Å². The number of nitrogens with one attached hydrogen (secondary N) is 1. The van der Waals surface area contributed by atoms with E-state index in [1.54, 1.807) is 11.3 Å². The van der Waals surface area contributed by atoms with Crippen molar-refractivity contribution >= 4 is 32.8 Å². The maximum Gasteiger partial charge on any atom is 0.174 e. The molecule has 0 radical (unpaired) electrons. The van der Waals surface area contributed by atoms with E-state index in [2.05, 4.69) is 22.2 Å². The van der Waals surface area contributed by atoms with Crippen molar-refractivity contribution < 1.29 is 9.29 Å². The summed E-state index contributed by atoms with van der Waals surface area (Å²) in [6.07, 6.45) is 0.956. The molecular formula is C17H17NO2S2. The number of ether oxygens (including phenoxy) is 1. The average molecular weight is 331 g/mol. The monoisotopic (exact) mass is 331 g/mol. The van der Waals surface area contributed by atoms with Crippen molar-refractivity contribution in [2.24, 2.45) is 0 Å². The Hall–Kier alpha value is -1.53. The van der Waals surface area contributed by atoms with Crippen molar-refractivity contribution in [3.63, 3.8) is 0 Å². The Bertz CT molecular complexity index is 740. The molecule has 1 N–H and O–H groups in total. The standard InChI is InChI=1S/C17H17NO2S2/c1-2-10-18-22(19)16-6-3-14(4-7-16)20-15-5-8-17-13(12-15)9-11-21-17/h3-9,11-12,18H,2,10H2,1H3. The lowest BCUT2D eigenvalue weighted by atomic mass is 10.2. The molecule has 0 fully saturated rings. The van der Waals surface area contributed by atoms with Gasteiger partial charge in [-0.05, 0) is 65.7 Å². The number of benzene rings is 2. The molecule has 22 heavy (non-hydrogen) atoms. The van der Waals surface area contributed by atoms with Crippen LogP contribution >= 0.6 is 11.3 Å². The second-order valence-corrected chi connectivity index (χ2v) is 7.10. The van der Waals surface area contributed by atoms with Crippen LogP contribution in [0.1, 0.15) is 13.3 Å². The zero-order valence-electron chi connectivity index (χ0n) is 12.2. The Morgan fingerprint density at radius 2 is 1.86 bits per heavy atom. The van der Waals surface area contributed by atoms with E-state index >= 15 is 0 Å². The quantitative estimate of drug-likeness (QED) is 0.665. The van der Waals surface area contributed by atoms with Gasteiger partial charge >= 0.3 is 0 Å². The zero-order valence-corrected chi connectivity index (χ0v) is 13.9. The molecule has 0 saturated carbocycles. The lowest BCUT2D eigenvalue weighted by molar-refractivity contribution is 0.483. The minimum atomic E-state index is -1.16. The molecule has 3 nitrogen and oxygen atoms in total. The first-order valence-corrected chi connectivity index (χ1v) is 9.19. The molecule has 0 saturated heterocycles. The predicted octanol–water partition coefficient (Wildman–Crippen LogP) is 4.72. The molecule has 5 heteroatoms. The molecule has 0 aliphatic rings. The highest BCUT2D eigenvalue weighted by atomic mass is 32.2. The summed E-state index contributed by atoms with van der Waals surface area (Å²) in [7, 11) is 0. The summed E-state index contributed by atoms with van der Waals surface area (Å²) in [6, 6.07) is 15.5. The van der Waals surface area contributed by atoms with Crippen LogP contribution < -0.4 is 9.46 Å². The van der Waals surface area contributed by atoms with Gasteiger partial charge in [0.1, 0.15) is 11.5 Å². The van der Waals surface area contributed by atoms with Crippen molar-refractivity contribution in [3.05, 3.63) is 53.9 Å². The molecule has 0 aliphatic heterocycles. The Labute approximate surface area is 137 Å². The highest BCUT2D eigenvalue weighted by Gasteiger charge is 2.10. The van der Waals surface area contributed by atoms with Gasteiger partial charge in [-0.3, -0.25) is 0 Å². The van der Waals surface area contributed by atoms with Crippen molar-refractivity contribution in [2.45, 2.75) is 18.2 Å². The third-order valence-corrected chi connectivity index (χ3v) is 5.25. The summed E-state index contributed by atoms with van der Waals surface area (Å²) in [5, 5.41) is 3.26. The molecule has 3 aromatic rings. The Morgan fingerprint density at radius 1 is 1.09 bits per heavy atom. The predicted molar refractivity (Wildman–Crippen MR) is 93.0 cm³/mol. The van der Waals surface area contributed by atoms with Gasteiger partial charge in [-0.1, -0.05) is 6.92 Å². The fourth-order valence-electron chi connectivity index (χ4n) is 2.05. The third-order valence-electron chi connectivity index (χ3n) is 3.18. The van der Waals surface area contributed by atoms with E-state index in [-0.39, 0.29) is 0 Å². The van der Waals surface area contributed by atoms with Crippen LogP contribution in [0.3, 0.4) is 0 Å². The van der Waals surface area contributed by atoms with E-state index in [0.717, 1.165) is 29.4 Å². The number of hydrogen-bond acceptors (Lipinski definition) is 4. The number of thiophene rings is 1. The Kier molecular flexibility index (Phi) is 5.00. The molecule has 0 aliphatic carbocycles. The number of fused-ring (bicyclic) bond motifs is 1. The molecule has 0 amide bonds. The maximum atomic E-state index is 12.0. The van der Waals surface area contributed by atoms with E-state index < -0.39 is 11.4 Å². The van der Waals surface area contributed by atoms with Crippen LogP contribution in [0.25, 0.3) is 10.1 Å². The van der Waals surface area contributed by atoms with Gasteiger partial charge in [-0.2, -0.15) is 0 Å². The smallest absolute Gasteiger partial charge is 0.174 e. The van der Waals surface area contributed by atoms with Gasteiger partial charge in [0.15, 0.2) is 4.90 Å². The summed E-state index contributed by atoms with van der Waals surface area (Å²) < 4.78 is 22.0. The van der Waals surface area contributed by atoms with Gasteiger partial charge in [0.25, 0.3) is 0 Å². The van der Waals surface area contributed by atoms with Crippen molar-refractivity contribution in [1.82, 2.24) is 4.72 Å². The summed E-state index contributed by atoms with van der Waals surface area (Å²) >= 11 is 0.562. The first-order valence-electron chi connectivity index (χ1n) is 7.17. The molecule has 1 aromatic heterocycles. The van der Waals surface area contributed by atoms with E-state index in [1.807, 2.05) is 43.3 Å². The molecule has 1 heterocycles. The van der Waals surface area contributed by atoms with Gasteiger partial charge < -0.3 is 9.29 Å².